The second kappa shape index (κ2) is 7.58. The van der Waals surface area contributed by atoms with Gasteiger partial charge >= 0.3 is 5.97 Å². The van der Waals surface area contributed by atoms with Crippen molar-refractivity contribution in [2.24, 2.45) is 5.92 Å². The number of esters is 1. The van der Waals surface area contributed by atoms with Gasteiger partial charge < -0.3 is 4.74 Å². The standard InChI is InChI=1S/C20H25NO2/c1-2-23-19(22)13-10-15-8-11-16(12-9-15)18-7-3-5-17-6-4-14-21-20(17)18/h3-7,14-16H,2,8-13H2,1H3. The van der Waals surface area contributed by atoms with E-state index in [1.807, 2.05) is 19.2 Å². The monoisotopic (exact) mass is 311 g/mol. The minimum absolute atomic E-state index is 0.0483. The molecule has 2 aromatic rings. The van der Waals surface area contributed by atoms with E-state index < -0.39 is 0 Å². The Hall–Kier alpha value is -1.90. The molecule has 0 spiro atoms. The van der Waals surface area contributed by atoms with E-state index in [9.17, 15) is 4.79 Å². The van der Waals surface area contributed by atoms with Crippen LogP contribution in [0.3, 0.4) is 0 Å². The fourth-order valence-corrected chi connectivity index (χ4v) is 3.77. The van der Waals surface area contributed by atoms with Crippen LogP contribution in [0.4, 0.5) is 0 Å². The number of nitrogens with zero attached hydrogens (tertiary/aromatic N) is 1. The Bertz CT molecular complexity index is 654. The molecule has 0 atom stereocenters. The lowest BCUT2D eigenvalue weighted by molar-refractivity contribution is -0.143. The number of rotatable bonds is 5. The molecule has 1 aromatic heterocycles. The fourth-order valence-electron chi connectivity index (χ4n) is 3.77. The highest BCUT2D eigenvalue weighted by Gasteiger charge is 2.24. The molecular formula is C20H25NO2. The molecule has 1 saturated carbocycles. The van der Waals surface area contributed by atoms with Crippen molar-refractivity contribution in [2.45, 2.75) is 51.4 Å². The number of aromatic nitrogens is 1. The summed E-state index contributed by atoms with van der Waals surface area (Å²) in [5, 5.41) is 1.23. The van der Waals surface area contributed by atoms with E-state index in [1.165, 1.54) is 36.6 Å². The Balaban J connectivity index is 1.59. The third-order valence-corrected chi connectivity index (χ3v) is 5.01. The quantitative estimate of drug-likeness (QED) is 0.741. The Kier molecular flexibility index (Phi) is 5.27. The Morgan fingerprint density at radius 1 is 1.17 bits per heavy atom. The summed E-state index contributed by atoms with van der Waals surface area (Å²) in [6, 6.07) is 10.6. The maximum Gasteiger partial charge on any atom is 0.305 e. The highest BCUT2D eigenvalue weighted by molar-refractivity contribution is 5.82. The Morgan fingerprint density at radius 2 is 1.96 bits per heavy atom. The molecule has 1 aromatic carbocycles. The highest BCUT2D eigenvalue weighted by Crippen LogP contribution is 2.39. The summed E-state index contributed by atoms with van der Waals surface area (Å²) >= 11 is 0. The minimum atomic E-state index is -0.0483. The summed E-state index contributed by atoms with van der Waals surface area (Å²) in [5.41, 5.74) is 2.55. The molecule has 1 heterocycles. The van der Waals surface area contributed by atoms with E-state index in [4.69, 9.17) is 4.74 Å². The molecule has 3 heteroatoms. The van der Waals surface area contributed by atoms with E-state index in [2.05, 4.69) is 29.2 Å². The van der Waals surface area contributed by atoms with Crippen molar-refractivity contribution in [3.63, 3.8) is 0 Å². The summed E-state index contributed by atoms with van der Waals surface area (Å²) in [6.45, 7) is 2.35. The topological polar surface area (TPSA) is 39.2 Å². The number of fused-ring (bicyclic) bond motifs is 1. The van der Waals surface area contributed by atoms with Crippen molar-refractivity contribution in [3.8, 4) is 0 Å². The third-order valence-electron chi connectivity index (χ3n) is 5.01. The molecule has 0 aliphatic heterocycles. The van der Waals surface area contributed by atoms with Crippen molar-refractivity contribution < 1.29 is 9.53 Å². The molecule has 0 N–H and O–H groups in total. The molecule has 122 valence electrons. The highest BCUT2D eigenvalue weighted by atomic mass is 16.5. The number of para-hydroxylation sites is 1. The summed E-state index contributed by atoms with van der Waals surface area (Å²) in [7, 11) is 0. The van der Waals surface area contributed by atoms with Crippen LogP contribution in [-0.4, -0.2) is 17.6 Å². The zero-order valence-corrected chi connectivity index (χ0v) is 13.8. The maximum absolute atomic E-state index is 11.5. The van der Waals surface area contributed by atoms with Crippen molar-refractivity contribution in [1.82, 2.24) is 4.98 Å². The Labute approximate surface area is 138 Å². The molecule has 3 nitrogen and oxygen atoms in total. The molecule has 0 unspecified atom stereocenters. The second-order valence-corrected chi connectivity index (χ2v) is 6.48. The van der Waals surface area contributed by atoms with Crippen molar-refractivity contribution in [3.05, 3.63) is 42.1 Å². The molecule has 0 saturated heterocycles. The van der Waals surface area contributed by atoms with Crippen LogP contribution in [0.1, 0.15) is 56.9 Å². The van der Waals surface area contributed by atoms with Gasteiger partial charge in [-0.2, -0.15) is 0 Å². The number of pyridine rings is 1. The first-order valence-electron chi connectivity index (χ1n) is 8.77. The molecule has 1 fully saturated rings. The molecule has 0 bridgehead atoms. The fraction of sp³-hybridized carbons (Fsp3) is 0.500. The predicted octanol–water partition coefficient (Wildman–Crippen LogP) is 4.85. The number of carbonyl (C=O) groups excluding carboxylic acids is 1. The van der Waals surface area contributed by atoms with Gasteiger partial charge in [0, 0.05) is 18.0 Å². The summed E-state index contributed by atoms with van der Waals surface area (Å²) < 4.78 is 5.02. The van der Waals surface area contributed by atoms with Crippen LogP contribution in [0.15, 0.2) is 36.5 Å². The second-order valence-electron chi connectivity index (χ2n) is 6.48. The average molecular weight is 311 g/mol. The van der Waals surface area contributed by atoms with Crippen molar-refractivity contribution >= 4 is 16.9 Å². The van der Waals surface area contributed by atoms with Gasteiger partial charge in [0.05, 0.1) is 12.1 Å². The lowest BCUT2D eigenvalue weighted by Gasteiger charge is -2.29. The first-order chi connectivity index (χ1) is 11.3. The number of hydrogen-bond acceptors (Lipinski definition) is 3. The van der Waals surface area contributed by atoms with Crippen molar-refractivity contribution in [2.75, 3.05) is 6.61 Å². The van der Waals surface area contributed by atoms with E-state index in [0.717, 1.165) is 11.9 Å². The largest absolute Gasteiger partial charge is 0.466 e. The van der Waals surface area contributed by atoms with E-state index in [-0.39, 0.29) is 5.97 Å². The number of hydrogen-bond donors (Lipinski definition) is 0. The van der Waals surface area contributed by atoms with E-state index >= 15 is 0 Å². The first-order valence-corrected chi connectivity index (χ1v) is 8.77. The number of benzene rings is 1. The molecule has 0 radical (unpaired) electrons. The minimum Gasteiger partial charge on any atom is -0.466 e. The van der Waals surface area contributed by atoms with Gasteiger partial charge in [-0.25, -0.2) is 0 Å². The summed E-state index contributed by atoms with van der Waals surface area (Å²) in [6.07, 6.45) is 8.22. The molecule has 23 heavy (non-hydrogen) atoms. The Morgan fingerprint density at radius 3 is 2.74 bits per heavy atom. The first kappa shape index (κ1) is 16.0. The normalized spacial score (nSPS) is 21.3. The van der Waals surface area contributed by atoms with Crippen LogP contribution in [0.2, 0.25) is 0 Å². The summed E-state index contributed by atoms with van der Waals surface area (Å²) in [4.78, 5) is 16.1. The zero-order valence-electron chi connectivity index (χ0n) is 13.8. The van der Waals surface area contributed by atoms with Gasteiger partial charge in [-0.3, -0.25) is 9.78 Å². The SMILES string of the molecule is CCOC(=O)CCC1CCC(c2cccc3cccnc23)CC1. The van der Waals surface area contributed by atoms with Crippen LogP contribution in [0.25, 0.3) is 10.9 Å². The van der Waals surface area contributed by atoms with Gasteiger partial charge in [-0.1, -0.05) is 24.3 Å². The smallest absolute Gasteiger partial charge is 0.305 e. The summed E-state index contributed by atoms with van der Waals surface area (Å²) in [5.74, 6) is 1.22. The number of carbonyl (C=O) groups is 1. The van der Waals surface area contributed by atoms with Gasteiger partial charge in [0.1, 0.15) is 0 Å². The molecule has 3 rings (SSSR count). The lowest BCUT2D eigenvalue weighted by Crippen LogP contribution is -2.15. The van der Waals surface area contributed by atoms with Gasteiger partial charge in [-0.15, -0.1) is 0 Å². The van der Waals surface area contributed by atoms with Crippen LogP contribution in [-0.2, 0) is 9.53 Å². The van der Waals surface area contributed by atoms with Crippen LogP contribution < -0.4 is 0 Å². The van der Waals surface area contributed by atoms with Crippen LogP contribution in [0, 0.1) is 5.92 Å². The van der Waals surface area contributed by atoms with Gasteiger partial charge in [0.15, 0.2) is 0 Å². The van der Waals surface area contributed by atoms with Crippen LogP contribution >= 0.6 is 0 Å². The molecule has 1 aliphatic rings. The number of ether oxygens (including phenoxy) is 1. The predicted molar refractivity (Wildman–Crippen MR) is 92.3 cm³/mol. The average Bonchev–Trinajstić information content (AvgIpc) is 2.60. The van der Waals surface area contributed by atoms with E-state index in [1.54, 1.807) is 0 Å². The molecule has 1 aliphatic carbocycles. The van der Waals surface area contributed by atoms with Crippen LogP contribution in [0.5, 0.6) is 0 Å². The zero-order chi connectivity index (χ0) is 16.1. The van der Waals surface area contributed by atoms with E-state index in [0.29, 0.717) is 24.9 Å². The lowest BCUT2D eigenvalue weighted by atomic mass is 9.77. The van der Waals surface area contributed by atoms with Gasteiger partial charge in [0.25, 0.3) is 0 Å². The maximum atomic E-state index is 11.5. The van der Waals surface area contributed by atoms with Gasteiger partial charge in [0.2, 0.25) is 0 Å². The molecular weight excluding hydrogens is 286 g/mol. The van der Waals surface area contributed by atoms with Crippen molar-refractivity contribution in [1.29, 1.82) is 0 Å². The third kappa shape index (κ3) is 3.90. The molecule has 0 amide bonds. The van der Waals surface area contributed by atoms with Gasteiger partial charge in [-0.05, 0) is 62.5 Å².